The van der Waals surface area contributed by atoms with Gasteiger partial charge in [0.25, 0.3) is 0 Å². The van der Waals surface area contributed by atoms with Gasteiger partial charge in [-0.3, -0.25) is 0 Å². The van der Waals surface area contributed by atoms with Gasteiger partial charge in [0.1, 0.15) is 0 Å². The van der Waals surface area contributed by atoms with Crippen LogP contribution in [0.3, 0.4) is 0 Å². The Kier molecular flexibility index (Phi) is 4.42. The Bertz CT molecular complexity index is 523. The first-order valence-corrected chi connectivity index (χ1v) is 6.29. The quantitative estimate of drug-likeness (QED) is 0.867. The van der Waals surface area contributed by atoms with Gasteiger partial charge in [0.05, 0.1) is 7.11 Å². The minimum absolute atomic E-state index is 0.0979. The van der Waals surface area contributed by atoms with E-state index in [1.54, 1.807) is 6.07 Å². The van der Waals surface area contributed by atoms with E-state index in [1.165, 1.54) is 7.11 Å². The van der Waals surface area contributed by atoms with E-state index in [-0.39, 0.29) is 18.3 Å². The summed E-state index contributed by atoms with van der Waals surface area (Å²) in [5, 5.41) is 18.9. The van der Waals surface area contributed by atoms with Crippen LogP contribution in [0.2, 0.25) is 0 Å². The van der Waals surface area contributed by atoms with E-state index in [2.05, 4.69) is 0 Å². The molecule has 0 fully saturated rings. The molecule has 0 aliphatic carbocycles. The van der Waals surface area contributed by atoms with Gasteiger partial charge in [0, 0.05) is 12.5 Å². The van der Waals surface area contributed by atoms with Crippen molar-refractivity contribution in [3.05, 3.63) is 59.7 Å². The zero-order chi connectivity index (χ0) is 13.7. The number of hydrogen-bond donors (Lipinski definition) is 2. The molecule has 1 unspecified atom stereocenters. The number of phenolic OH excluding ortho intramolecular Hbond substituents is 1. The predicted molar refractivity (Wildman–Crippen MR) is 74.6 cm³/mol. The van der Waals surface area contributed by atoms with Crippen molar-refractivity contribution in [2.45, 2.75) is 12.3 Å². The van der Waals surface area contributed by atoms with Gasteiger partial charge in [-0.2, -0.15) is 0 Å². The van der Waals surface area contributed by atoms with Crippen LogP contribution >= 0.6 is 0 Å². The summed E-state index contributed by atoms with van der Waals surface area (Å²) in [5.74, 6) is 0.680. The van der Waals surface area contributed by atoms with E-state index >= 15 is 0 Å². The number of aromatic hydroxyl groups is 1. The zero-order valence-corrected chi connectivity index (χ0v) is 10.9. The molecule has 2 N–H and O–H groups in total. The lowest BCUT2D eigenvalue weighted by Crippen LogP contribution is -2.04. The van der Waals surface area contributed by atoms with Crippen LogP contribution < -0.4 is 4.74 Å². The molecule has 0 radical (unpaired) electrons. The molecule has 19 heavy (non-hydrogen) atoms. The summed E-state index contributed by atoms with van der Waals surface area (Å²) in [6, 6.07) is 15.3. The highest BCUT2D eigenvalue weighted by atomic mass is 16.5. The first kappa shape index (κ1) is 13.4. The number of aliphatic hydroxyl groups is 1. The molecular weight excluding hydrogens is 240 g/mol. The molecule has 0 bridgehead atoms. The summed E-state index contributed by atoms with van der Waals surface area (Å²) < 4.78 is 5.14. The maximum absolute atomic E-state index is 9.64. The molecular formula is C16H18O3. The highest BCUT2D eigenvalue weighted by molar-refractivity contribution is 5.45. The van der Waals surface area contributed by atoms with E-state index in [0.29, 0.717) is 12.2 Å². The monoisotopic (exact) mass is 258 g/mol. The van der Waals surface area contributed by atoms with E-state index in [0.717, 1.165) is 11.1 Å². The highest BCUT2D eigenvalue weighted by Crippen LogP contribution is 2.34. The largest absolute Gasteiger partial charge is 0.504 e. The third kappa shape index (κ3) is 3.06. The minimum atomic E-state index is 0.0979. The van der Waals surface area contributed by atoms with Crippen LogP contribution in [-0.4, -0.2) is 23.9 Å². The van der Waals surface area contributed by atoms with Crippen LogP contribution in [0.25, 0.3) is 0 Å². The van der Waals surface area contributed by atoms with Crippen molar-refractivity contribution < 1.29 is 14.9 Å². The van der Waals surface area contributed by atoms with Gasteiger partial charge in [0.2, 0.25) is 0 Å². The lowest BCUT2D eigenvalue weighted by Gasteiger charge is -2.18. The van der Waals surface area contributed by atoms with Crippen LogP contribution in [-0.2, 0) is 0 Å². The fraction of sp³-hybridized carbons (Fsp3) is 0.250. The first-order chi connectivity index (χ1) is 9.26. The summed E-state index contributed by atoms with van der Waals surface area (Å²) in [6.07, 6.45) is 0.637. The Hall–Kier alpha value is -2.00. The van der Waals surface area contributed by atoms with E-state index in [1.807, 2.05) is 42.5 Å². The zero-order valence-electron chi connectivity index (χ0n) is 10.9. The summed E-state index contributed by atoms with van der Waals surface area (Å²) in [6.45, 7) is 0.114. The molecule has 0 saturated carbocycles. The third-order valence-electron chi connectivity index (χ3n) is 3.23. The van der Waals surface area contributed by atoms with Crippen molar-refractivity contribution in [1.82, 2.24) is 0 Å². The van der Waals surface area contributed by atoms with Gasteiger partial charge in [-0.15, -0.1) is 0 Å². The molecule has 3 nitrogen and oxygen atoms in total. The lowest BCUT2D eigenvalue weighted by molar-refractivity contribution is 0.281. The fourth-order valence-electron chi connectivity index (χ4n) is 2.25. The van der Waals surface area contributed by atoms with Crippen LogP contribution in [0.15, 0.2) is 48.5 Å². The second-order valence-electron chi connectivity index (χ2n) is 4.41. The molecule has 2 rings (SSSR count). The maximum atomic E-state index is 9.64. The van der Waals surface area contributed by atoms with Crippen molar-refractivity contribution in [3.63, 3.8) is 0 Å². The SMILES string of the molecule is COc1cc(C(CCO)c2ccccc2)ccc1O. The van der Waals surface area contributed by atoms with E-state index in [4.69, 9.17) is 4.74 Å². The number of aliphatic hydroxyl groups excluding tert-OH is 1. The Morgan fingerprint density at radius 3 is 2.42 bits per heavy atom. The maximum Gasteiger partial charge on any atom is 0.160 e. The van der Waals surface area contributed by atoms with Crippen molar-refractivity contribution in [3.8, 4) is 11.5 Å². The first-order valence-electron chi connectivity index (χ1n) is 6.29. The normalized spacial score (nSPS) is 12.1. The van der Waals surface area contributed by atoms with Crippen molar-refractivity contribution in [2.75, 3.05) is 13.7 Å². The summed E-state index contributed by atoms with van der Waals surface area (Å²) in [5.41, 5.74) is 2.17. The number of rotatable bonds is 5. The Balaban J connectivity index is 2.39. The van der Waals surface area contributed by atoms with Crippen LogP contribution in [0.1, 0.15) is 23.5 Å². The molecule has 0 spiro atoms. The molecule has 2 aromatic rings. The number of benzene rings is 2. The predicted octanol–water partition coefficient (Wildman–Crippen LogP) is 2.92. The van der Waals surface area contributed by atoms with Gasteiger partial charge in [-0.05, 0) is 29.7 Å². The molecule has 1 atom stereocenters. The highest BCUT2D eigenvalue weighted by Gasteiger charge is 2.15. The number of phenols is 1. The number of methoxy groups -OCH3 is 1. The Labute approximate surface area is 113 Å². The molecule has 0 aliphatic rings. The number of hydrogen-bond acceptors (Lipinski definition) is 3. The standard InChI is InChI=1S/C16H18O3/c1-19-16-11-13(7-8-15(16)18)14(9-10-17)12-5-3-2-4-6-12/h2-8,11,14,17-18H,9-10H2,1H3. The van der Waals surface area contributed by atoms with Gasteiger partial charge < -0.3 is 14.9 Å². The fourth-order valence-corrected chi connectivity index (χ4v) is 2.25. The van der Waals surface area contributed by atoms with Gasteiger partial charge in [0.15, 0.2) is 11.5 Å². The van der Waals surface area contributed by atoms with Crippen molar-refractivity contribution in [1.29, 1.82) is 0 Å². The Morgan fingerprint density at radius 2 is 1.79 bits per heavy atom. The van der Waals surface area contributed by atoms with Crippen LogP contribution in [0.4, 0.5) is 0 Å². The summed E-state index contributed by atoms with van der Waals surface area (Å²) in [7, 11) is 1.53. The van der Waals surface area contributed by atoms with Gasteiger partial charge in [-0.1, -0.05) is 36.4 Å². The Morgan fingerprint density at radius 1 is 1.05 bits per heavy atom. The van der Waals surface area contributed by atoms with Crippen molar-refractivity contribution >= 4 is 0 Å². The second-order valence-corrected chi connectivity index (χ2v) is 4.41. The molecule has 2 aromatic carbocycles. The van der Waals surface area contributed by atoms with Crippen LogP contribution in [0, 0.1) is 0 Å². The topological polar surface area (TPSA) is 49.7 Å². The van der Waals surface area contributed by atoms with E-state index < -0.39 is 0 Å². The smallest absolute Gasteiger partial charge is 0.160 e. The lowest BCUT2D eigenvalue weighted by atomic mass is 9.88. The molecule has 3 heteroatoms. The van der Waals surface area contributed by atoms with Gasteiger partial charge >= 0.3 is 0 Å². The minimum Gasteiger partial charge on any atom is -0.504 e. The molecule has 100 valence electrons. The average molecular weight is 258 g/mol. The molecule has 0 saturated heterocycles. The molecule has 0 aliphatic heterocycles. The van der Waals surface area contributed by atoms with Gasteiger partial charge in [-0.25, -0.2) is 0 Å². The van der Waals surface area contributed by atoms with Crippen molar-refractivity contribution in [2.24, 2.45) is 0 Å². The number of ether oxygens (including phenoxy) is 1. The molecule has 0 amide bonds. The van der Waals surface area contributed by atoms with E-state index in [9.17, 15) is 10.2 Å². The molecule has 0 heterocycles. The van der Waals surface area contributed by atoms with Crippen LogP contribution in [0.5, 0.6) is 11.5 Å². The third-order valence-corrected chi connectivity index (χ3v) is 3.23. The average Bonchev–Trinajstić information content (AvgIpc) is 2.46. The summed E-state index contributed by atoms with van der Waals surface area (Å²) >= 11 is 0. The molecule has 0 aromatic heterocycles. The summed E-state index contributed by atoms with van der Waals surface area (Å²) in [4.78, 5) is 0. The second kappa shape index (κ2) is 6.25.